The van der Waals surface area contributed by atoms with Gasteiger partial charge in [-0.05, 0) is 17.2 Å². The highest BCUT2D eigenvalue weighted by atomic mass is 33.1. The van der Waals surface area contributed by atoms with Gasteiger partial charge in [0.05, 0.1) is 0 Å². The van der Waals surface area contributed by atoms with Gasteiger partial charge in [-0.25, -0.2) is 4.41 Å². The fraction of sp³-hybridized carbons (Fsp3) is 0.909. The number of hydrogen-bond acceptors (Lipinski definition) is 7. The molecule has 1 rings (SSSR count). The molecule has 0 saturated carbocycles. The lowest BCUT2D eigenvalue weighted by atomic mass is 10.1. The third-order valence-electron chi connectivity index (χ3n) is 2.88. The van der Waals surface area contributed by atoms with Crippen LogP contribution in [0.4, 0.5) is 0 Å². The standard InChI is InChI=1S/C11H22N2S5/c1-2-3-4-5-6-7-8-9-10-13(18-15)12-11(16-10)17-14/h10,14-15H,2-9H2,1H3. The second-order valence-electron chi connectivity index (χ2n) is 4.32. The number of hydrazone groups is 1. The van der Waals surface area contributed by atoms with E-state index in [-0.39, 0.29) is 0 Å². The van der Waals surface area contributed by atoms with E-state index in [0.29, 0.717) is 5.37 Å². The molecule has 1 aliphatic heterocycles. The normalized spacial score (nSPS) is 19.4. The van der Waals surface area contributed by atoms with Gasteiger partial charge in [0.1, 0.15) is 5.37 Å². The number of thioether (sulfide) groups is 1. The molecule has 0 N–H and O–H groups in total. The zero-order chi connectivity index (χ0) is 13.2. The van der Waals surface area contributed by atoms with E-state index in [4.69, 9.17) is 0 Å². The topological polar surface area (TPSA) is 15.6 Å². The van der Waals surface area contributed by atoms with Gasteiger partial charge < -0.3 is 0 Å². The molecule has 0 saturated heterocycles. The van der Waals surface area contributed by atoms with Crippen LogP contribution in [-0.4, -0.2) is 14.2 Å². The van der Waals surface area contributed by atoms with Gasteiger partial charge in [-0.2, -0.15) is 0 Å². The van der Waals surface area contributed by atoms with Crippen molar-refractivity contribution in [1.29, 1.82) is 0 Å². The average Bonchev–Trinajstić information content (AvgIpc) is 2.80. The first kappa shape index (κ1) is 17.3. The van der Waals surface area contributed by atoms with E-state index in [0.717, 1.165) is 4.38 Å². The van der Waals surface area contributed by atoms with Crippen LogP contribution in [0, 0.1) is 0 Å². The molecule has 18 heavy (non-hydrogen) atoms. The zero-order valence-corrected chi connectivity index (χ0v) is 15.0. The second kappa shape index (κ2) is 10.9. The van der Waals surface area contributed by atoms with Crippen LogP contribution in [0.1, 0.15) is 58.3 Å². The van der Waals surface area contributed by atoms with Gasteiger partial charge in [0.15, 0.2) is 4.38 Å². The Labute approximate surface area is 134 Å². The molecule has 0 aliphatic carbocycles. The summed E-state index contributed by atoms with van der Waals surface area (Å²) in [6.45, 7) is 2.26. The predicted octanol–water partition coefficient (Wildman–Crippen LogP) is 5.84. The van der Waals surface area contributed by atoms with Gasteiger partial charge in [0.25, 0.3) is 0 Å². The van der Waals surface area contributed by atoms with Crippen molar-refractivity contribution in [2.45, 2.75) is 63.7 Å². The Morgan fingerprint density at radius 1 is 1.17 bits per heavy atom. The molecule has 0 aromatic rings. The quantitative estimate of drug-likeness (QED) is 0.237. The van der Waals surface area contributed by atoms with E-state index >= 15 is 0 Å². The lowest BCUT2D eigenvalue weighted by Crippen LogP contribution is -2.15. The van der Waals surface area contributed by atoms with Crippen LogP contribution in [0.2, 0.25) is 0 Å². The number of rotatable bonds is 9. The molecule has 0 radical (unpaired) electrons. The first-order valence-corrected chi connectivity index (χ1v) is 11.1. The van der Waals surface area contributed by atoms with E-state index in [1.807, 2.05) is 16.2 Å². The summed E-state index contributed by atoms with van der Waals surface area (Å²) in [6.07, 6.45) is 10.7. The summed E-state index contributed by atoms with van der Waals surface area (Å²) < 4.78 is 3.02. The van der Waals surface area contributed by atoms with Gasteiger partial charge in [-0.15, -0.1) is 16.8 Å². The minimum Gasteiger partial charge on any atom is -0.213 e. The van der Waals surface area contributed by atoms with Gasteiger partial charge >= 0.3 is 0 Å². The number of unbranched alkanes of at least 4 members (excludes halogenated alkanes) is 6. The van der Waals surface area contributed by atoms with Crippen LogP contribution in [0.15, 0.2) is 5.10 Å². The Hall–Kier alpha value is 1.22. The lowest BCUT2D eigenvalue weighted by Gasteiger charge is -2.18. The molecule has 7 heteroatoms. The van der Waals surface area contributed by atoms with Crippen molar-refractivity contribution < 1.29 is 0 Å². The van der Waals surface area contributed by atoms with Gasteiger partial charge in [-0.1, -0.05) is 75.3 Å². The van der Waals surface area contributed by atoms with Crippen molar-refractivity contribution in [2.75, 3.05) is 0 Å². The maximum Gasteiger partial charge on any atom is 0.163 e. The molecule has 0 aromatic heterocycles. The molecule has 0 aromatic carbocycles. The third-order valence-corrected chi connectivity index (χ3v) is 6.68. The summed E-state index contributed by atoms with van der Waals surface area (Å²) >= 11 is 10.2. The fourth-order valence-electron chi connectivity index (χ4n) is 1.89. The van der Waals surface area contributed by atoms with Crippen molar-refractivity contribution in [3.8, 4) is 0 Å². The van der Waals surface area contributed by atoms with Crippen molar-refractivity contribution >= 4 is 61.2 Å². The summed E-state index contributed by atoms with van der Waals surface area (Å²) in [5, 5.41) is 4.87. The van der Waals surface area contributed by atoms with Crippen LogP contribution in [-0.2, 0) is 0 Å². The molecule has 1 aliphatic rings. The Balaban J connectivity index is 2.05. The van der Waals surface area contributed by atoms with Crippen LogP contribution < -0.4 is 0 Å². The number of nitrogens with zero attached hydrogens (tertiary/aromatic N) is 2. The highest BCUT2D eigenvalue weighted by Gasteiger charge is 2.26. The highest BCUT2D eigenvalue weighted by Crippen LogP contribution is 2.40. The Kier molecular flexibility index (Phi) is 10.5. The van der Waals surface area contributed by atoms with E-state index in [1.54, 1.807) is 0 Å². The second-order valence-corrected chi connectivity index (χ2v) is 7.89. The average molecular weight is 343 g/mol. The Morgan fingerprint density at radius 3 is 2.44 bits per heavy atom. The van der Waals surface area contributed by atoms with Crippen LogP contribution in [0.25, 0.3) is 0 Å². The minimum absolute atomic E-state index is 0.442. The summed E-state index contributed by atoms with van der Waals surface area (Å²) in [4.78, 5) is 0. The first-order chi connectivity index (χ1) is 8.81. The molecule has 0 amide bonds. The first-order valence-electron chi connectivity index (χ1n) is 6.49. The lowest BCUT2D eigenvalue weighted by molar-refractivity contribution is 0.445. The predicted molar refractivity (Wildman–Crippen MR) is 96.4 cm³/mol. The number of thiol groups is 2. The molecular weight excluding hydrogens is 320 g/mol. The van der Waals surface area contributed by atoms with E-state index in [1.165, 1.54) is 73.1 Å². The Morgan fingerprint density at radius 2 is 1.83 bits per heavy atom. The molecule has 1 heterocycles. The monoisotopic (exact) mass is 342 g/mol. The minimum atomic E-state index is 0.442. The molecule has 0 bridgehead atoms. The largest absolute Gasteiger partial charge is 0.213 e. The fourth-order valence-corrected chi connectivity index (χ4v) is 5.13. The SMILES string of the molecule is CCCCCCCCCC1SC(SS)=NN1SS. The van der Waals surface area contributed by atoms with Gasteiger partial charge in [-0.3, -0.25) is 0 Å². The summed E-state index contributed by atoms with van der Waals surface area (Å²) in [5.41, 5.74) is 0. The van der Waals surface area contributed by atoms with Crippen LogP contribution in [0.5, 0.6) is 0 Å². The molecule has 1 unspecified atom stereocenters. The summed E-state index contributed by atoms with van der Waals surface area (Å²) in [6, 6.07) is 0. The zero-order valence-electron chi connectivity index (χ0n) is 10.7. The highest BCUT2D eigenvalue weighted by molar-refractivity contribution is 8.79. The van der Waals surface area contributed by atoms with Crippen molar-refractivity contribution in [3.63, 3.8) is 0 Å². The molecule has 2 nitrogen and oxygen atoms in total. The van der Waals surface area contributed by atoms with Gasteiger partial charge in [0.2, 0.25) is 0 Å². The molecule has 106 valence electrons. The van der Waals surface area contributed by atoms with Crippen molar-refractivity contribution in [1.82, 2.24) is 4.41 Å². The maximum atomic E-state index is 4.43. The Bertz CT molecular complexity index is 250. The molecule has 0 fully saturated rings. The smallest absolute Gasteiger partial charge is 0.163 e. The van der Waals surface area contributed by atoms with E-state index in [2.05, 4.69) is 35.3 Å². The number of hydrogen-bond donors (Lipinski definition) is 2. The summed E-state index contributed by atoms with van der Waals surface area (Å²) in [5.74, 6) is 0. The van der Waals surface area contributed by atoms with Gasteiger partial charge in [0, 0.05) is 11.0 Å². The maximum absolute atomic E-state index is 4.43. The van der Waals surface area contributed by atoms with E-state index < -0.39 is 0 Å². The van der Waals surface area contributed by atoms with E-state index in [9.17, 15) is 0 Å². The molecular formula is C11H22N2S5. The van der Waals surface area contributed by atoms with Crippen molar-refractivity contribution in [3.05, 3.63) is 0 Å². The van der Waals surface area contributed by atoms with Crippen LogP contribution in [0.3, 0.4) is 0 Å². The molecule has 1 atom stereocenters. The van der Waals surface area contributed by atoms with Crippen molar-refractivity contribution in [2.24, 2.45) is 5.10 Å². The third kappa shape index (κ3) is 6.59. The van der Waals surface area contributed by atoms with Crippen LogP contribution >= 0.6 is 56.9 Å². The summed E-state index contributed by atoms with van der Waals surface area (Å²) in [7, 11) is 2.83. The molecule has 0 spiro atoms.